The number of rotatable bonds is 2. The Morgan fingerprint density at radius 3 is 2.40 bits per heavy atom. The smallest absolute Gasteiger partial charge is 0.127 e. The average molecular weight is 265 g/mol. The fourth-order valence-electron chi connectivity index (χ4n) is 3.00. The molecule has 0 atom stereocenters. The highest BCUT2D eigenvalue weighted by molar-refractivity contribution is 5.92. The minimum atomic E-state index is 0.322. The molecular weight excluding hydrogens is 246 g/mol. The fraction of sp³-hybridized carbons (Fsp3) is 0.389. The number of ether oxygens (including phenoxy) is 1. The summed E-state index contributed by atoms with van der Waals surface area (Å²) in [5.41, 5.74) is 0.713. The molecule has 0 saturated heterocycles. The zero-order chi connectivity index (χ0) is 13.9. The quantitative estimate of drug-likeness (QED) is 0.790. The summed E-state index contributed by atoms with van der Waals surface area (Å²) in [6, 6.07) is 14.1. The van der Waals surface area contributed by atoms with Crippen molar-refractivity contribution in [2.45, 2.75) is 38.7 Å². The van der Waals surface area contributed by atoms with Gasteiger partial charge in [0.1, 0.15) is 5.75 Å². The molecule has 1 fully saturated rings. The van der Waals surface area contributed by atoms with Crippen molar-refractivity contribution in [2.24, 2.45) is 5.92 Å². The molecule has 1 aliphatic carbocycles. The Morgan fingerprint density at radius 1 is 1.00 bits per heavy atom. The van der Waals surface area contributed by atoms with E-state index in [0.717, 1.165) is 35.3 Å². The molecule has 1 saturated carbocycles. The summed E-state index contributed by atoms with van der Waals surface area (Å²) in [5.74, 6) is 1.74. The van der Waals surface area contributed by atoms with E-state index in [0.29, 0.717) is 11.7 Å². The highest BCUT2D eigenvalue weighted by Crippen LogP contribution is 2.32. The van der Waals surface area contributed by atoms with Crippen LogP contribution in [0.5, 0.6) is 5.75 Å². The summed E-state index contributed by atoms with van der Waals surface area (Å²) in [6.07, 6.45) is 5.09. The van der Waals surface area contributed by atoms with E-state index in [-0.39, 0.29) is 0 Å². The molecule has 2 nitrogen and oxygen atoms in total. The topological polar surface area (TPSA) is 33.0 Å². The third-order valence-electron chi connectivity index (χ3n) is 4.26. The Kier molecular flexibility index (Phi) is 3.60. The molecule has 0 radical (unpaired) electrons. The lowest BCUT2D eigenvalue weighted by molar-refractivity contribution is 0.137. The van der Waals surface area contributed by atoms with Crippen LogP contribution >= 0.6 is 0 Å². The van der Waals surface area contributed by atoms with Crippen molar-refractivity contribution >= 4 is 10.8 Å². The van der Waals surface area contributed by atoms with Gasteiger partial charge in [-0.05, 0) is 43.7 Å². The maximum atomic E-state index is 9.19. The largest absolute Gasteiger partial charge is 0.490 e. The predicted molar refractivity (Wildman–Crippen MR) is 80.7 cm³/mol. The number of hydrogen-bond donors (Lipinski definition) is 0. The van der Waals surface area contributed by atoms with Crippen LogP contribution < -0.4 is 4.74 Å². The molecule has 0 bridgehead atoms. The normalized spacial score (nSPS) is 22.4. The van der Waals surface area contributed by atoms with Crippen molar-refractivity contribution in [3.8, 4) is 11.8 Å². The van der Waals surface area contributed by atoms with E-state index in [1.54, 1.807) is 0 Å². The molecule has 20 heavy (non-hydrogen) atoms. The second kappa shape index (κ2) is 5.54. The maximum Gasteiger partial charge on any atom is 0.127 e. The standard InChI is InChI=1S/C18H19NO/c1-13-6-9-15(10-7-13)20-18-11-8-14(12-19)16-4-2-3-5-17(16)18/h2-5,8,11,13,15H,6-7,9-10H2,1H3. The Bertz CT molecular complexity index is 648. The van der Waals surface area contributed by atoms with E-state index in [4.69, 9.17) is 4.74 Å². The van der Waals surface area contributed by atoms with Gasteiger partial charge in [-0.3, -0.25) is 0 Å². The van der Waals surface area contributed by atoms with Gasteiger partial charge in [-0.15, -0.1) is 0 Å². The summed E-state index contributed by atoms with van der Waals surface area (Å²) < 4.78 is 6.21. The number of hydrogen-bond acceptors (Lipinski definition) is 2. The van der Waals surface area contributed by atoms with Crippen molar-refractivity contribution in [1.82, 2.24) is 0 Å². The minimum absolute atomic E-state index is 0.322. The second-order valence-corrected chi connectivity index (χ2v) is 5.77. The summed E-state index contributed by atoms with van der Waals surface area (Å²) in [7, 11) is 0. The van der Waals surface area contributed by atoms with Gasteiger partial charge in [0.05, 0.1) is 17.7 Å². The molecule has 2 aromatic carbocycles. The number of benzene rings is 2. The van der Waals surface area contributed by atoms with Gasteiger partial charge < -0.3 is 4.74 Å². The van der Waals surface area contributed by atoms with Crippen LogP contribution in [0.3, 0.4) is 0 Å². The Hall–Kier alpha value is -2.01. The lowest BCUT2D eigenvalue weighted by Gasteiger charge is -2.27. The van der Waals surface area contributed by atoms with Gasteiger partial charge in [-0.25, -0.2) is 0 Å². The average Bonchev–Trinajstić information content (AvgIpc) is 2.50. The molecule has 0 unspecified atom stereocenters. The van der Waals surface area contributed by atoms with Gasteiger partial charge >= 0.3 is 0 Å². The number of nitriles is 1. The van der Waals surface area contributed by atoms with E-state index in [2.05, 4.69) is 13.0 Å². The zero-order valence-corrected chi connectivity index (χ0v) is 11.8. The molecule has 1 aliphatic rings. The first-order valence-electron chi connectivity index (χ1n) is 7.36. The SMILES string of the molecule is CC1CCC(Oc2ccc(C#N)c3ccccc23)CC1. The Morgan fingerprint density at radius 2 is 1.70 bits per heavy atom. The number of nitrogens with zero attached hydrogens (tertiary/aromatic N) is 1. The molecule has 0 aliphatic heterocycles. The van der Waals surface area contributed by atoms with E-state index in [1.807, 2.05) is 36.4 Å². The van der Waals surface area contributed by atoms with Crippen molar-refractivity contribution < 1.29 is 4.74 Å². The third-order valence-corrected chi connectivity index (χ3v) is 4.26. The van der Waals surface area contributed by atoms with E-state index in [9.17, 15) is 5.26 Å². The summed E-state index contributed by atoms with van der Waals surface area (Å²) in [6.45, 7) is 2.31. The zero-order valence-electron chi connectivity index (χ0n) is 11.8. The van der Waals surface area contributed by atoms with Crippen LogP contribution in [0, 0.1) is 17.2 Å². The van der Waals surface area contributed by atoms with Gasteiger partial charge in [-0.2, -0.15) is 5.26 Å². The van der Waals surface area contributed by atoms with E-state index < -0.39 is 0 Å². The second-order valence-electron chi connectivity index (χ2n) is 5.77. The molecule has 2 aromatic rings. The molecule has 102 valence electrons. The molecule has 2 heteroatoms. The molecule has 0 amide bonds. The van der Waals surface area contributed by atoms with Crippen LogP contribution in [0.4, 0.5) is 0 Å². The van der Waals surface area contributed by atoms with Crippen molar-refractivity contribution in [3.05, 3.63) is 42.0 Å². The molecule has 0 N–H and O–H groups in total. The van der Waals surface area contributed by atoms with Crippen molar-refractivity contribution in [3.63, 3.8) is 0 Å². The molecule has 0 heterocycles. The third kappa shape index (κ3) is 2.49. The fourth-order valence-corrected chi connectivity index (χ4v) is 3.00. The van der Waals surface area contributed by atoms with E-state index >= 15 is 0 Å². The maximum absolute atomic E-state index is 9.19. The Balaban J connectivity index is 1.91. The molecule has 3 rings (SSSR count). The lowest BCUT2D eigenvalue weighted by Crippen LogP contribution is -2.23. The lowest BCUT2D eigenvalue weighted by atomic mass is 9.89. The van der Waals surface area contributed by atoms with Gasteiger partial charge in [0.25, 0.3) is 0 Å². The van der Waals surface area contributed by atoms with Crippen LogP contribution in [0.25, 0.3) is 10.8 Å². The predicted octanol–water partition coefficient (Wildman–Crippen LogP) is 4.67. The number of fused-ring (bicyclic) bond motifs is 1. The molecule has 0 spiro atoms. The van der Waals surface area contributed by atoms with E-state index in [1.165, 1.54) is 12.8 Å². The van der Waals surface area contributed by atoms with Gasteiger partial charge in [-0.1, -0.05) is 31.2 Å². The van der Waals surface area contributed by atoms with Crippen LogP contribution in [-0.2, 0) is 0 Å². The minimum Gasteiger partial charge on any atom is -0.490 e. The summed E-state index contributed by atoms with van der Waals surface area (Å²) >= 11 is 0. The first-order chi connectivity index (χ1) is 9.78. The van der Waals surface area contributed by atoms with Crippen molar-refractivity contribution in [1.29, 1.82) is 5.26 Å². The summed E-state index contributed by atoms with van der Waals surface area (Å²) in [5, 5.41) is 11.2. The highest BCUT2D eigenvalue weighted by Gasteiger charge is 2.20. The highest BCUT2D eigenvalue weighted by atomic mass is 16.5. The van der Waals surface area contributed by atoms with Crippen LogP contribution in [0.1, 0.15) is 38.2 Å². The van der Waals surface area contributed by atoms with Crippen molar-refractivity contribution in [2.75, 3.05) is 0 Å². The summed E-state index contributed by atoms with van der Waals surface area (Å²) in [4.78, 5) is 0. The monoisotopic (exact) mass is 265 g/mol. The molecule has 0 aromatic heterocycles. The Labute approximate surface area is 120 Å². The van der Waals surface area contributed by atoms with Crippen LogP contribution in [0.15, 0.2) is 36.4 Å². The first-order valence-corrected chi connectivity index (χ1v) is 7.36. The van der Waals surface area contributed by atoms with Gasteiger partial charge in [0, 0.05) is 10.8 Å². The first kappa shape index (κ1) is 13.0. The molecular formula is C18H19NO. The van der Waals surface area contributed by atoms with Crippen LogP contribution in [-0.4, -0.2) is 6.10 Å². The van der Waals surface area contributed by atoms with Crippen LogP contribution in [0.2, 0.25) is 0 Å². The van der Waals surface area contributed by atoms with Gasteiger partial charge in [0.2, 0.25) is 0 Å². The van der Waals surface area contributed by atoms with Gasteiger partial charge in [0.15, 0.2) is 0 Å².